The van der Waals surface area contributed by atoms with Crippen LogP contribution in [0.2, 0.25) is 10.0 Å². The van der Waals surface area contributed by atoms with Gasteiger partial charge in [-0.2, -0.15) is 5.26 Å². The van der Waals surface area contributed by atoms with Gasteiger partial charge in [-0.15, -0.1) is 0 Å². The minimum atomic E-state index is -0.804. The Labute approximate surface area is 242 Å². The van der Waals surface area contributed by atoms with Crippen molar-refractivity contribution in [2.24, 2.45) is 11.7 Å². The molecule has 1 aliphatic carbocycles. The maximum atomic E-state index is 14.8. The molecule has 1 aliphatic rings. The Morgan fingerprint density at radius 2 is 1.93 bits per heavy atom. The van der Waals surface area contributed by atoms with Gasteiger partial charge in [0.25, 0.3) is 5.91 Å². The maximum Gasteiger partial charge on any atom is 0.257 e. The van der Waals surface area contributed by atoms with Crippen molar-refractivity contribution in [1.82, 2.24) is 4.98 Å². The first-order valence-electron chi connectivity index (χ1n) is 12.2. The minimum Gasteiger partial charge on any atom is -0.454 e. The van der Waals surface area contributed by atoms with E-state index in [0.29, 0.717) is 20.9 Å². The average Bonchev–Trinajstić information content (AvgIpc) is 3.66. The lowest BCUT2D eigenvalue weighted by Gasteiger charge is -2.22. The number of hydrogen-bond acceptors (Lipinski definition) is 7. The molecule has 1 heterocycles. The molecule has 4 aromatic rings. The van der Waals surface area contributed by atoms with Gasteiger partial charge in [0.1, 0.15) is 28.9 Å². The van der Waals surface area contributed by atoms with Gasteiger partial charge in [-0.05, 0) is 56.5 Å². The van der Waals surface area contributed by atoms with E-state index in [1.165, 1.54) is 18.2 Å². The molecule has 0 saturated heterocycles. The highest BCUT2D eigenvalue weighted by Crippen LogP contribution is 2.40. The first-order chi connectivity index (χ1) is 19.0. The van der Waals surface area contributed by atoms with Crippen molar-refractivity contribution in [3.63, 3.8) is 0 Å². The number of benzene rings is 3. The van der Waals surface area contributed by atoms with Crippen LogP contribution in [0.25, 0.3) is 10.2 Å². The summed E-state index contributed by atoms with van der Waals surface area (Å²) in [7, 11) is 0. The van der Waals surface area contributed by atoms with Gasteiger partial charge in [-0.1, -0.05) is 46.7 Å². The third-order valence-electron chi connectivity index (χ3n) is 6.24. The lowest BCUT2D eigenvalue weighted by molar-refractivity contribution is -0.117. The fourth-order valence-corrected chi connectivity index (χ4v) is 5.59. The number of nitrogens with zero attached hydrogens (tertiary/aromatic N) is 2. The number of nitrogens with one attached hydrogen (secondary N) is 2. The zero-order chi connectivity index (χ0) is 28.8. The van der Waals surface area contributed by atoms with E-state index < -0.39 is 17.3 Å². The highest BCUT2D eigenvalue weighted by Gasteiger charge is 2.30. The van der Waals surface area contributed by atoms with Crippen LogP contribution in [0.15, 0.2) is 42.5 Å². The van der Waals surface area contributed by atoms with Crippen molar-refractivity contribution in [2.75, 3.05) is 10.6 Å². The van der Waals surface area contributed by atoms with Crippen LogP contribution in [0.4, 0.5) is 15.2 Å². The highest BCUT2D eigenvalue weighted by atomic mass is 35.5. The average molecular weight is 598 g/mol. The topological polar surface area (TPSA) is 130 Å². The number of carbonyl (C=O) groups excluding carboxylic acids is 2. The van der Waals surface area contributed by atoms with E-state index in [2.05, 4.69) is 21.7 Å². The molecule has 0 radical (unpaired) electrons. The van der Waals surface area contributed by atoms with Crippen molar-refractivity contribution in [3.05, 3.63) is 75.0 Å². The number of amides is 2. The Balaban J connectivity index is 1.43. The van der Waals surface area contributed by atoms with Gasteiger partial charge >= 0.3 is 0 Å². The third kappa shape index (κ3) is 5.60. The number of carbonyl (C=O) groups is 2. The highest BCUT2D eigenvalue weighted by molar-refractivity contribution is 7.22. The molecule has 2 amide bonds. The van der Waals surface area contributed by atoms with Gasteiger partial charge in [0.2, 0.25) is 5.91 Å². The number of halogens is 3. The molecule has 1 aromatic heterocycles. The predicted molar refractivity (Wildman–Crippen MR) is 154 cm³/mol. The van der Waals surface area contributed by atoms with E-state index in [0.717, 1.165) is 30.2 Å². The van der Waals surface area contributed by atoms with E-state index in [-0.39, 0.29) is 50.2 Å². The Kier molecular flexibility index (Phi) is 7.42. The molecule has 204 valence electrons. The monoisotopic (exact) mass is 597 g/mol. The first-order valence-corrected chi connectivity index (χ1v) is 13.7. The molecule has 8 nitrogen and oxygen atoms in total. The van der Waals surface area contributed by atoms with Crippen LogP contribution in [-0.4, -0.2) is 16.8 Å². The molecule has 0 atom stereocenters. The summed E-state index contributed by atoms with van der Waals surface area (Å²) in [6, 6.07) is 12.4. The smallest absolute Gasteiger partial charge is 0.257 e. The van der Waals surface area contributed by atoms with Crippen molar-refractivity contribution in [2.45, 2.75) is 32.2 Å². The molecule has 3 aromatic carbocycles. The Bertz CT molecular complexity index is 1720. The van der Waals surface area contributed by atoms with Crippen LogP contribution in [0.5, 0.6) is 11.5 Å². The van der Waals surface area contributed by atoms with Crippen LogP contribution in [0, 0.1) is 23.1 Å². The number of nitriles is 1. The molecule has 4 N–H and O–H groups in total. The Morgan fingerprint density at radius 3 is 2.60 bits per heavy atom. The first kappa shape index (κ1) is 27.8. The van der Waals surface area contributed by atoms with Gasteiger partial charge in [0.15, 0.2) is 5.13 Å². The number of nitrogens with two attached hydrogens (primary N) is 1. The fourth-order valence-electron chi connectivity index (χ4n) is 3.99. The lowest BCUT2D eigenvalue weighted by atomic mass is 9.93. The quantitative estimate of drug-likeness (QED) is 0.206. The summed E-state index contributed by atoms with van der Waals surface area (Å²) in [4.78, 5) is 29.6. The molecular weight excluding hydrogens is 576 g/mol. The van der Waals surface area contributed by atoms with Gasteiger partial charge in [0.05, 0.1) is 31.5 Å². The predicted octanol–water partition coefficient (Wildman–Crippen LogP) is 7.20. The van der Waals surface area contributed by atoms with E-state index in [4.69, 9.17) is 33.7 Å². The second-order valence-corrected chi connectivity index (χ2v) is 11.7. The van der Waals surface area contributed by atoms with E-state index in [1.54, 1.807) is 32.0 Å². The van der Waals surface area contributed by atoms with E-state index >= 15 is 0 Å². The largest absolute Gasteiger partial charge is 0.454 e. The Morgan fingerprint density at radius 1 is 1.18 bits per heavy atom. The van der Waals surface area contributed by atoms with Gasteiger partial charge in [-0.25, -0.2) is 9.37 Å². The molecule has 40 heavy (non-hydrogen) atoms. The van der Waals surface area contributed by atoms with Gasteiger partial charge in [0, 0.05) is 17.5 Å². The molecule has 1 fully saturated rings. The van der Waals surface area contributed by atoms with Crippen LogP contribution in [-0.2, 0) is 10.3 Å². The van der Waals surface area contributed by atoms with Crippen LogP contribution in [0.1, 0.15) is 48.2 Å². The summed E-state index contributed by atoms with van der Waals surface area (Å²) in [6.45, 7) is 3.50. The zero-order valence-electron chi connectivity index (χ0n) is 21.3. The summed E-state index contributed by atoms with van der Waals surface area (Å²) in [5.74, 6) is -1.40. The van der Waals surface area contributed by atoms with E-state index in [9.17, 15) is 19.2 Å². The summed E-state index contributed by atoms with van der Waals surface area (Å²) in [6.07, 6.45) is 1.70. The minimum absolute atomic E-state index is 0.00364. The zero-order valence-corrected chi connectivity index (χ0v) is 23.6. The van der Waals surface area contributed by atoms with Crippen LogP contribution >= 0.6 is 34.5 Å². The number of fused-ring (bicyclic) bond motifs is 1. The number of anilines is 2. The second kappa shape index (κ2) is 10.7. The van der Waals surface area contributed by atoms with Crippen molar-refractivity contribution in [1.29, 1.82) is 5.26 Å². The fraction of sp³-hybridized carbons (Fsp3) is 0.214. The molecular formula is C28H22Cl2FN5O3S. The standard InChI is InChI=1S/C28H22Cl2FN5O3S/c1-28(2,33)16-5-3-4-14(23(16)30)26(38)34-20-11-22(17(29)10-18(20)31)39-21-9-8-19-24(15(21)12-32)40-27(35-19)36-25(37)13-6-7-13/h3-5,8-11,13H,6-7,33H2,1-2H3,(H,34,38)(H,35,36,37). The molecule has 1 saturated carbocycles. The van der Waals surface area contributed by atoms with Crippen LogP contribution in [0.3, 0.4) is 0 Å². The SMILES string of the molecule is CC(C)(N)c1cccc(C(=O)Nc2cc(Oc3ccc4nc(NC(=O)C5CC5)sc4c3C#N)c(Cl)cc2F)c1Cl. The summed E-state index contributed by atoms with van der Waals surface area (Å²) in [5.41, 5.74) is 6.49. The number of thiazole rings is 1. The Hall–Kier alpha value is -3.75. The summed E-state index contributed by atoms with van der Waals surface area (Å²) in [5, 5.41) is 15.6. The molecule has 0 bridgehead atoms. The third-order valence-corrected chi connectivity index (χ3v) is 7.94. The summed E-state index contributed by atoms with van der Waals surface area (Å²) >= 11 is 13.9. The molecule has 5 rings (SSSR count). The van der Waals surface area contributed by atoms with Gasteiger partial charge < -0.3 is 21.1 Å². The van der Waals surface area contributed by atoms with E-state index in [1.807, 2.05) is 0 Å². The number of rotatable bonds is 7. The number of hydrogen-bond donors (Lipinski definition) is 3. The molecule has 0 spiro atoms. The van der Waals surface area contributed by atoms with Crippen molar-refractivity contribution >= 4 is 67.4 Å². The lowest BCUT2D eigenvalue weighted by Crippen LogP contribution is -2.29. The number of aromatic nitrogens is 1. The normalized spacial score (nSPS) is 13.1. The van der Waals surface area contributed by atoms with Crippen LogP contribution < -0.4 is 21.1 Å². The summed E-state index contributed by atoms with van der Waals surface area (Å²) < 4.78 is 21.3. The van der Waals surface area contributed by atoms with Gasteiger partial charge in [-0.3, -0.25) is 9.59 Å². The molecule has 12 heteroatoms. The van der Waals surface area contributed by atoms with Crippen molar-refractivity contribution < 1.29 is 18.7 Å². The molecule has 0 aliphatic heterocycles. The maximum absolute atomic E-state index is 14.8. The second-order valence-electron chi connectivity index (χ2n) is 9.89. The number of ether oxygens (including phenoxy) is 1. The molecule has 0 unspecified atom stereocenters. The van der Waals surface area contributed by atoms with Crippen molar-refractivity contribution in [3.8, 4) is 17.6 Å².